The topological polar surface area (TPSA) is 52.7 Å². The lowest BCUT2D eigenvalue weighted by Gasteiger charge is -2.35. The summed E-state index contributed by atoms with van der Waals surface area (Å²) in [5.41, 5.74) is 3.16. The summed E-state index contributed by atoms with van der Waals surface area (Å²) >= 11 is 0. The number of hydrogen-bond donors (Lipinski definition) is 1. The van der Waals surface area contributed by atoms with Crippen LogP contribution in [0.2, 0.25) is 0 Å². The number of nitrogens with zero attached hydrogens (tertiary/aromatic N) is 2. The monoisotopic (exact) mass is 309 g/mol. The van der Waals surface area contributed by atoms with Gasteiger partial charge in [0.25, 0.3) is 5.91 Å². The van der Waals surface area contributed by atoms with Crippen LogP contribution in [0.4, 0.5) is 17.1 Å². The molecule has 5 heteroatoms. The molecule has 0 fully saturated rings. The van der Waals surface area contributed by atoms with Crippen LogP contribution in [0.5, 0.6) is 0 Å². The smallest absolute Gasteiger partial charge is 0.258 e. The third-order valence-corrected chi connectivity index (χ3v) is 3.92. The largest absolute Gasteiger partial charge is 0.371 e. The fraction of sp³-hybridized carbons (Fsp3) is 0.222. The van der Waals surface area contributed by atoms with E-state index in [0.29, 0.717) is 17.8 Å². The van der Waals surface area contributed by atoms with Crippen LogP contribution in [-0.4, -0.2) is 32.0 Å². The number of hydrogen-bond acceptors (Lipinski definition) is 3. The fourth-order valence-electron chi connectivity index (χ4n) is 2.81. The normalized spacial score (nSPS) is 13.5. The zero-order valence-electron chi connectivity index (χ0n) is 13.2. The summed E-state index contributed by atoms with van der Waals surface area (Å²) in [6.45, 7) is 2.87. The van der Waals surface area contributed by atoms with E-state index in [9.17, 15) is 9.59 Å². The molecule has 3 rings (SSSR count). The van der Waals surface area contributed by atoms with E-state index < -0.39 is 0 Å². The third-order valence-electron chi connectivity index (χ3n) is 3.92. The summed E-state index contributed by atoms with van der Waals surface area (Å²) in [4.78, 5) is 28.0. The number of amides is 2. The van der Waals surface area contributed by atoms with Gasteiger partial charge in [0.15, 0.2) is 0 Å². The third kappa shape index (κ3) is 3.04. The van der Waals surface area contributed by atoms with Crippen molar-refractivity contribution >= 4 is 28.9 Å². The molecule has 0 saturated heterocycles. The van der Waals surface area contributed by atoms with Crippen molar-refractivity contribution in [2.24, 2.45) is 0 Å². The summed E-state index contributed by atoms with van der Waals surface area (Å²) in [6, 6.07) is 14.9. The van der Waals surface area contributed by atoms with Crippen LogP contribution in [0.25, 0.3) is 0 Å². The van der Waals surface area contributed by atoms with Gasteiger partial charge in [-0.05, 0) is 30.3 Å². The van der Waals surface area contributed by atoms with Gasteiger partial charge in [-0.3, -0.25) is 9.59 Å². The number of benzene rings is 2. The van der Waals surface area contributed by atoms with Gasteiger partial charge >= 0.3 is 0 Å². The Labute approximate surface area is 135 Å². The van der Waals surface area contributed by atoms with Crippen molar-refractivity contribution in [3.63, 3.8) is 0 Å². The van der Waals surface area contributed by atoms with Crippen LogP contribution in [-0.2, 0) is 4.79 Å². The predicted octanol–water partition coefficient (Wildman–Crippen LogP) is 2.74. The van der Waals surface area contributed by atoms with Gasteiger partial charge in [0, 0.05) is 38.3 Å². The van der Waals surface area contributed by atoms with Gasteiger partial charge in [0.2, 0.25) is 5.91 Å². The highest BCUT2D eigenvalue weighted by Gasteiger charge is 2.25. The molecule has 1 heterocycles. The molecule has 0 radical (unpaired) electrons. The zero-order valence-corrected chi connectivity index (χ0v) is 13.2. The number of carbonyl (C=O) groups excluding carboxylic acids is 2. The molecule has 0 unspecified atom stereocenters. The Hall–Kier alpha value is -2.82. The Morgan fingerprint density at radius 2 is 1.74 bits per heavy atom. The Morgan fingerprint density at radius 1 is 1.00 bits per heavy atom. The van der Waals surface area contributed by atoms with Crippen LogP contribution in [0.15, 0.2) is 48.5 Å². The van der Waals surface area contributed by atoms with Gasteiger partial charge in [0.1, 0.15) is 0 Å². The molecule has 0 saturated carbocycles. The number of fused-ring (bicyclic) bond motifs is 1. The molecule has 118 valence electrons. The minimum absolute atomic E-state index is 0.0576. The average Bonchev–Trinajstić information content (AvgIpc) is 2.54. The lowest BCUT2D eigenvalue weighted by atomic mass is 10.1. The molecular formula is C18H19N3O2. The summed E-state index contributed by atoms with van der Waals surface area (Å²) in [6.07, 6.45) is 0. The lowest BCUT2D eigenvalue weighted by Crippen LogP contribution is -2.42. The highest BCUT2D eigenvalue weighted by molar-refractivity contribution is 6.09. The molecule has 0 spiro atoms. The van der Waals surface area contributed by atoms with Gasteiger partial charge in [-0.1, -0.05) is 18.2 Å². The maximum Gasteiger partial charge on any atom is 0.258 e. The van der Waals surface area contributed by atoms with Crippen molar-refractivity contribution in [2.75, 3.05) is 35.3 Å². The maximum atomic E-state index is 12.9. The van der Waals surface area contributed by atoms with E-state index in [1.54, 1.807) is 29.2 Å². The molecule has 0 atom stereocenters. The van der Waals surface area contributed by atoms with Crippen molar-refractivity contribution in [2.45, 2.75) is 6.92 Å². The first-order valence-corrected chi connectivity index (χ1v) is 7.56. The standard InChI is InChI=1S/C18H19N3O2/c1-13(22)19-15-7-5-6-14(12-15)18(23)21-11-10-20(2)16-8-3-4-9-17(16)21/h3-9,12H,10-11H2,1-2H3,(H,19,22). The molecule has 1 N–H and O–H groups in total. The first kappa shape index (κ1) is 15.1. The van der Waals surface area contributed by atoms with E-state index in [0.717, 1.165) is 17.9 Å². The second-order valence-electron chi connectivity index (χ2n) is 5.63. The van der Waals surface area contributed by atoms with Crippen molar-refractivity contribution in [3.8, 4) is 0 Å². The van der Waals surface area contributed by atoms with Crippen LogP contribution < -0.4 is 15.1 Å². The minimum atomic E-state index is -0.153. The molecule has 2 amide bonds. The number of carbonyl (C=O) groups is 2. The summed E-state index contributed by atoms with van der Waals surface area (Å²) in [7, 11) is 2.03. The molecule has 2 aromatic rings. The van der Waals surface area contributed by atoms with E-state index in [1.165, 1.54) is 6.92 Å². The predicted molar refractivity (Wildman–Crippen MR) is 92.1 cm³/mol. The fourth-order valence-corrected chi connectivity index (χ4v) is 2.81. The van der Waals surface area contributed by atoms with E-state index in [-0.39, 0.29) is 11.8 Å². The minimum Gasteiger partial charge on any atom is -0.371 e. The molecule has 0 aliphatic carbocycles. The number of likely N-dealkylation sites (N-methyl/N-ethyl adjacent to an activating group) is 1. The molecule has 1 aliphatic heterocycles. The Bertz CT molecular complexity index is 757. The summed E-state index contributed by atoms with van der Waals surface area (Å²) in [5.74, 6) is -0.211. The van der Waals surface area contributed by atoms with E-state index in [4.69, 9.17) is 0 Å². The molecule has 0 bridgehead atoms. The van der Waals surface area contributed by atoms with Gasteiger partial charge in [-0.2, -0.15) is 0 Å². The second kappa shape index (κ2) is 6.12. The number of nitrogens with one attached hydrogen (secondary N) is 1. The summed E-state index contributed by atoms with van der Waals surface area (Å²) in [5, 5.41) is 2.71. The van der Waals surface area contributed by atoms with Gasteiger partial charge in [-0.15, -0.1) is 0 Å². The average molecular weight is 309 g/mol. The number of rotatable bonds is 2. The Balaban J connectivity index is 1.92. The van der Waals surface area contributed by atoms with Gasteiger partial charge in [0.05, 0.1) is 11.4 Å². The quantitative estimate of drug-likeness (QED) is 0.928. The highest BCUT2D eigenvalue weighted by atomic mass is 16.2. The van der Waals surface area contributed by atoms with Crippen molar-refractivity contribution < 1.29 is 9.59 Å². The molecule has 1 aliphatic rings. The SMILES string of the molecule is CC(=O)Nc1cccc(C(=O)N2CCN(C)c3ccccc32)c1. The highest BCUT2D eigenvalue weighted by Crippen LogP contribution is 2.32. The summed E-state index contributed by atoms with van der Waals surface area (Å²) < 4.78 is 0. The number of anilines is 3. The second-order valence-corrected chi connectivity index (χ2v) is 5.63. The van der Waals surface area contributed by atoms with Crippen LogP contribution in [0.1, 0.15) is 17.3 Å². The van der Waals surface area contributed by atoms with Crippen molar-refractivity contribution in [1.82, 2.24) is 0 Å². The molecule has 2 aromatic carbocycles. The zero-order chi connectivity index (χ0) is 16.4. The lowest BCUT2D eigenvalue weighted by molar-refractivity contribution is -0.114. The van der Waals surface area contributed by atoms with E-state index >= 15 is 0 Å². The maximum absolute atomic E-state index is 12.9. The first-order valence-electron chi connectivity index (χ1n) is 7.56. The first-order chi connectivity index (χ1) is 11.1. The molecular weight excluding hydrogens is 290 g/mol. The van der Waals surface area contributed by atoms with E-state index in [1.807, 2.05) is 31.3 Å². The van der Waals surface area contributed by atoms with Gasteiger partial charge < -0.3 is 15.1 Å². The van der Waals surface area contributed by atoms with Crippen molar-refractivity contribution in [3.05, 3.63) is 54.1 Å². The molecule has 0 aromatic heterocycles. The van der Waals surface area contributed by atoms with Crippen LogP contribution in [0, 0.1) is 0 Å². The van der Waals surface area contributed by atoms with E-state index in [2.05, 4.69) is 10.2 Å². The Kier molecular flexibility index (Phi) is 4.02. The number of para-hydroxylation sites is 2. The van der Waals surface area contributed by atoms with Crippen molar-refractivity contribution in [1.29, 1.82) is 0 Å². The van der Waals surface area contributed by atoms with Crippen LogP contribution >= 0.6 is 0 Å². The van der Waals surface area contributed by atoms with Crippen LogP contribution in [0.3, 0.4) is 0 Å². The van der Waals surface area contributed by atoms with Gasteiger partial charge in [-0.25, -0.2) is 0 Å². The molecule has 5 nitrogen and oxygen atoms in total. The Morgan fingerprint density at radius 3 is 2.48 bits per heavy atom. The molecule has 23 heavy (non-hydrogen) atoms.